The molecule has 1 aromatic carbocycles. The fourth-order valence-electron chi connectivity index (χ4n) is 2.31. The van der Waals surface area contributed by atoms with Crippen LogP contribution in [0, 0.1) is 6.07 Å². The van der Waals surface area contributed by atoms with Gasteiger partial charge in [-0.05, 0) is 18.6 Å². The van der Waals surface area contributed by atoms with Crippen LogP contribution in [0.4, 0.5) is 0 Å². The molecule has 21 heavy (non-hydrogen) atoms. The van der Waals surface area contributed by atoms with Crippen LogP contribution in [0.25, 0.3) is 0 Å². The Morgan fingerprint density at radius 3 is 2.05 bits per heavy atom. The van der Waals surface area contributed by atoms with E-state index in [9.17, 15) is 0 Å². The van der Waals surface area contributed by atoms with Crippen molar-refractivity contribution in [3.63, 3.8) is 0 Å². The molecule has 0 spiro atoms. The molecule has 119 valence electrons. The summed E-state index contributed by atoms with van der Waals surface area (Å²) in [5.74, 6) is 0.678. The molecule has 0 saturated carbocycles. The number of halogens is 2. The summed E-state index contributed by atoms with van der Waals surface area (Å²) in [7, 11) is 0. The Labute approximate surface area is 140 Å². The van der Waals surface area contributed by atoms with Crippen LogP contribution in [0.15, 0.2) is 12.1 Å². The normalized spacial score (nSPS) is 10.8. The lowest BCUT2D eigenvalue weighted by Gasteiger charge is -2.08. The van der Waals surface area contributed by atoms with Gasteiger partial charge in [0.15, 0.2) is 0 Å². The summed E-state index contributed by atoms with van der Waals surface area (Å²) in [5.41, 5.74) is 0. The zero-order chi connectivity index (χ0) is 15.3. The molecular formula is C18H27Cl2O. The van der Waals surface area contributed by atoms with Crippen molar-refractivity contribution in [2.45, 2.75) is 71.1 Å². The van der Waals surface area contributed by atoms with Crippen molar-refractivity contribution in [2.75, 3.05) is 6.61 Å². The zero-order valence-corrected chi connectivity index (χ0v) is 14.6. The summed E-state index contributed by atoms with van der Waals surface area (Å²) in [5, 5.41) is 1.08. The van der Waals surface area contributed by atoms with Crippen LogP contribution >= 0.6 is 23.2 Å². The first-order valence-electron chi connectivity index (χ1n) is 8.23. The van der Waals surface area contributed by atoms with Crippen LogP contribution in [-0.2, 0) is 0 Å². The van der Waals surface area contributed by atoms with Crippen molar-refractivity contribution in [2.24, 2.45) is 0 Å². The monoisotopic (exact) mass is 329 g/mol. The number of hydrogen-bond acceptors (Lipinski definition) is 1. The molecule has 1 radical (unpaired) electrons. The van der Waals surface area contributed by atoms with Crippen molar-refractivity contribution < 1.29 is 4.74 Å². The van der Waals surface area contributed by atoms with Gasteiger partial charge in [0, 0.05) is 6.07 Å². The van der Waals surface area contributed by atoms with Crippen LogP contribution in [0.2, 0.25) is 10.0 Å². The quantitative estimate of drug-likeness (QED) is 0.372. The molecule has 0 atom stereocenters. The second kappa shape index (κ2) is 12.2. The van der Waals surface area contributed by atoms with Crippen molar-refractivity contribution in [3.8, 4) is 5.75 Å². The third-order valence-corrected chi connectivity index (χ3v) is 4.10. The molecule has 0 saturated heterocycles. The molecular weight excluding hydrogens is 303 g/mol. The highest BCUT2D eigenvalue weighted by atomic mass is 35.5. The average Bonchev–Trinajstić information content (AvgIpc) is 2.46. The van der Waals surface area contributed by atoms with E-state index in [2.05, 4.69) is 13.0 Å². The second-order valence-electron chi connectivity index (χ2n) is 5.52. The molecule has 0 aromatic heterocycles. The third kappa shape index (κ3) is 9.26. The van der Waals surface area contributed by atoms with E-state index in [4.69, 9.17) is 27.9 Å². The predicted molar refractivity (Wildman–Crippen MR) is 92.6 cm³/mol. The average molecular weight is 330 g/mol. The highest BCUT2D eigenvalue weighted by molar-refractivity contribution is 6.35. The smallest absolute Gasteiger partial charge is 0.138 e. The van der Waals surface area contributed by atoms with E-state index in [0.29, 0.717) is 22.4 Å². The van der Waals surface area contributed by atoms with Crippen molar-refractivity contribution >= 4 is 23.2 Å². The first-order chi connectivity index (χ1) is 10.2. The van der Waals surface area contributed by atoms with E-state index in [0.717, 1.165) is 6.42 Å². The van der Waals surface area contributed by atoms with Crippen LogP contribution in [0.3, 0.4) is 0 Å². The van der Waals surface area contributed by atoms with Gasteiger partial charge in [0.2, 0.25) is 0 Å². The summed E-state index contributed by atoms with van der Waals surface area (Å²) in [6, 6.07) is 6.26. The predicted octanol–water partition coefficient (Wildman–Crippen LogP) is 7.09. The molecule has 0 unspecified atom stereocenters. The SMILES string of the molecule is CCCCCCCCCCCCOc1c[c]c(Cl)cc1Cl. The third-order valence-electron chi connectivity index (χ3n) is 3.59. The van der Waals surface area contributed by atoms with Gasteiger partial charge in [-0.25, -0.2) is 0 Å². The highest BCUT2D eigenvalue weighted by Gasteiger charge is 2.02. The maximum Gasteiger partial charge on any atom is 0.138 e. The lowest BCUT2D eigenvalue weighted by atomic mass is 10.1. The van der Waals surface area contributed by atoms with Crippen LogP contribution in [-0.4, -0.2) is 6.61 Å². The van der Waals surface area contributed by atoms with Crippen molar-refractivity contribution in [3.05, 3.63) is 28.2 Å². The van der Waals surface area contributed by atoms with Gasteiger partial charge >= 0.3 is 0 Å². The minimum Gasteiger partial charge on any atom is -0.492 e. The summed E-state index contributed by atoms with van der Waals surface area (Å²) in [6.07, 6.45) is 13.3. The van der Waals surface area contributed by atoms with Gasteiger partial charge in [0.25, 0.3) is 0 Å². The summed E-state index contributed by atoms with van der Waals surface area (Å²) >= 11 is 11.8. The van der Waals surface area contributed by atoms with Gasteiger partial charge < -0.3 is 4.74 Å². The fraction of sp³-hybridized carbons (Fsp3) is 0.667. The Morgan fingerprint density at radius 1 is 0.905 bits per heavy atom. The van der Waals surface area contributed by atoms with E-state index in [-0.39, 0.29) is 0 Å². The number of ether oxygens (including phenoxy) is 1. The molecule has 0 aliphatic carbocycles. The lowest BCUT2D eigenvalue weighted by Crippen LogP contribution is -1.97. The topological polar surface area (TPSA) is 9.23 Å². The van der Waals surface area contributed by atoms with Gasteiger partial charge in [0.05, 0.1) is 16.7 Å². The maximum atomic E-state index is 6.03. The molecule has 1 nitrogen and oxygen atoms in total. The van der Waals surface area contributed by atoms with Crippen LogP contribution < -0.4 is 4.74 Å². The van der Waals surface area contributed by atoms with Crippen LogP contribution in [0.5, 0.6) is 5.75 Å². The molecule has 0 fully saturated rings. The fourth-order valence-corrected chi connectivity index (χ4v) is 2.75. The molecule has 0 amide bonds. The summed E-state index contributed by atoms with van der Waals surface area (Å²) in [4.78, 5) is 0. The second-order valence-corrected chi connectivity index (χ2v) is 6.34. The minimum atomic E-state index is 0.520. The van der Waals surface area contributed by atoms with Crippen molar-refractivity contribution in [1.29, 1.82) is 0 Å². The van der Waals surface area contributed by atoms with Gasteiger partial charge in [-0.1, -0.05) is 87.9 Å². The first kappa shape index (κ1) is 18.6. The highest BCUT2D eigenvalue weighted by Crippen LogP contribution is 2.27. The Bertz CT molecular complexity index is 379. The van der Waals surface area contributed by atoms with Gasteiger partial charge in [-0.15, -0.1) is 0 Å². The molecule has 0 aliphatic heterocycles. The standard InChI is InChI=1S/C18H27Cl2O/c1-2-3-4-5-6-7-8-9-10-11-14-21-18-13-12-16(19)15-17(18)20/h13,15H,2-11,14H2,1H3. The Balaban J connectivity index is 1.93. The largest absolute Gasteiger partial charge is 0.492 e. The Kier molecular flexibility index (Phi) is 10.8. The van der Waals surface area contributed by atoms with E-state index < -0.39 is 0 Å². The zero-order valence-electron chi connectivity index (χ0n) is 13.1. The maximum absolute atomic E-state index is 6.03. The number of unbranched alkanes of at least 4 members (excludes halogenated alkanes) is 9. The number of rotatable bonds is 12. The summed E-state index contributed by atoms with van der Waals surface area (Å²) in [6.45, 7) is 2.98. The van der Waals surface area contributed by atoms with Crippen molar-refractivity contribution in [1.82, 2.24) is 0 Å². The van der Waals surface area contributed by atoms with Gasteiger partial charge in [-0.2, -0.15) is 0 Å². The molecule has 0 aliphatic rings. The van der Waals surface area contributed by atoms with E-state index in [1.807, 2.05) is 0 Å². The molecule has 1 aromatic rings. The van der Waals surface area contributed by atoms with E-state index in [1.54, 1.807) is 12.1 Å². The molecule has 0 heterocycles. The number of hydrogen-bond donors (Lipinski definition) is 0. The molecule has 1 rings (SSSR count). The Hall–Kier alpha value is -0.400. The lowest BCUT2D eigenvalue weighted by molar-refractivity contribution is 0.304. The van der Waals surface area contributed by atoms with Gasteiger partial charge in [0.1, 0.15) is 5.75 Å². The molecule has 0 bridgehead atoms. The molecule has 0 N–H and O–H groups in total. The van der Waals surface area contributed by atoms with E-state index in [1.165, 1.54) is 57.8 Å². The van der Waals surface area contributed by atoms with E-state index >= 15 is 0 Å². The Morgan fingerprint density at radius 2 is 1.48 bits per heavy atom. The minimum absolute atomic E-state index is 0.520. The van der Waals surface area contributed by atoms with Crippen LogP contribution in [0.1, 0.15) is 71.1 Å². The first-order valence-corrected chi connectivity index (χ1v) is 8.99. The molecule has 3 heteroatoms. The summed E-state index contributed by atoms with van der Waals surface area (Å²) < 4.78 is 5.64. The number of benzene rings is 1. The van der Waals surface area contributed by atoms with Gasteiger partial charge in [-0.3, -0.25) is 0 Å².